The normalized spacial score (nSPS) is 10.3. The summed E-state index contributed by atoms with van der Waals surface area (Å²) in [5.41, 5.74) is 1.83. The first kappa shape index (κ1) is 13.7. The maximum absolute atomic E-state index is 12.1. The van der Waals surface area contributed by atoms with Crippen molar-refractivity contribution in [3.63, 3.8) is 0 Å². The van der Waals surface area contributed by atoms with Crippen molar-refractivity contribution in [3.8, 4) is 5.75 Å². The Bertz CT molecular complexity index is 641. The van der Waals surface area contributed by atoms with E-state index in [1.165, 1.54) is 12.1 Å². The van der Waals surface area contributed by atoms with Crippen LogP contribution in [-0.2, 0) is 0 Å². The van der Waals surface area contributed by atoms with Crippen LogP contribution in [0.25, 0.3) is 0 Å². The van der Waals surface area contributed by atoms with Crippen LogP contribution in [0.3, 0.4) is 0 Å². The smallest absolute Gasteiger partial charge is 0.255 e. The van der Waals surface area contributed by atoms with E-state index in [9.17, 15) is 9.90 Å². The number of anilines is 1. The van der Waals surface area contributed by atoms with Crippen molar-refractivity contribution in [1.29, 1.82) is 0 Å². The SMILES string of the molecule is Cc1ccc(Cl)cc1C(=O)Nc1ccc(O)c(Cl)c1. The van der Waals surface area contributed by atoms with E-state index >= 15 is 0 Å². The maximum atomic E-state index is 12.1. The Labute approximate surface area is 120 Å². The second kappa shape index (κ2) is 5.51. The number of phenolic OH excluding ortho intramolecular Hbond substituents is 1. The van der Waals surface area contributed by atoms with E-state index in [1.807, 2.05) is 6.92 Å². The summed E-state index contributed by atoms with van der Waals surface area (Å²) in [6.45, 7) is 1.83. The van der Waals surface area contributed by atoms with Gasteiger partial charge in [-0.1, -0.05) is 29.3 Å². The number of halogens is 2. The van der Waals surface area contributed by atoms with Gasteiger partial charge in [-0.25, -0.2) is 0 Å². The standard InChI is InChI=1S/C14H11Cl2NO2/c1-8-2-3-9(15)6-11(8)14(19)17-10-4-5-13(18)12(16)7-10/h2-7,18H,1H3,(H,17,19). The molecular weight excluding hydrogens is 285 g/mol. The number of aryl methyl sites for hydroxylation is 1. The second-order valence-electron chi connectivity index (χ2n) is 4.08. The molecule has 3 nitrogen and oxygen atoms in total. The topological polar surface area (TPSA) is 49.3 Å². The van der Waals surface area contributed by atoms with Gasteiger partial charge in [0.1, 0.15) is 5.75 Å². The molecule has 0 aliphatic carbocycles. The van der Waals surface area contributed by atoms with Crippen LogP contribution in [0.2, 0.25) is 10.0 Å². The maximum Gasteiger partial charge on any atom is 0.255 e. The van der Waals surface area contributed by atoms with E-state index in [0.717, 1.165) is 5.56 Å². The number of carbonyl (C=O) groups excluding carboxylic acids is 1. The first-order valence-corrected chi connectivity index (χ1v) is 6.29. The molecule has 0 aliphatic rings. The van der Waals surface area contributed by atoms with Crippen molar-refractivity contribution in [2.75, 3.05) is 5.32 Å². The van der Waals surface area contributed by atoms with Gasteiger partial charge in [0.15, 0.2) is 0 Å². The number of benzene rings is 2. The largest absolute Gasteiger partial charge is 0.506 e. The molecule has 0 aliphatic heterocycles. The van der Waals surface area contributed by atoms with E-state index < -0.39 is 0 Å². The molecule has 5 heteroatoms. The van der Waals surface area contributed by atoms with Crippen molar-refractivity contribution >= 4 is 34.8 Å². The fourth-order valence-electron chi connectivity index (χ4n) is 1.62. The third-order valence-electron chi connectivity index (χ3n) is 2.65. The van der Waals surface area contributed by atoms with Gasteiger partial charge in [0, 0.05) is 16.3 Å². The van der Waals surface area contributed by atoms with Gasteiger partial charge in [0.05, 0.1) is 5.02 Å². The minimum atomic E-state index is -0.276. The Morgan fingerprint density at radius 3 is 2.58 bits per heavy atom. The van der Waals surface area contributed by atoms with Gasteiger partial charge in [-0.3, -0.25) is 4.79 Å². The zero-order valence-corrected chi connectivity index (χ0v) is 11.6. The third kappa shape index (κ3) is 3.19. The van der Waals surface area contributed by atoms with Gasteiger partial charge in [0.25, 0.3) is 5.91 Å². The molecule has 1 amide bonds. The van der Waals surface area contributed by atoms with Gasteiger partial charge < -0.3 is 10.4 Å². The molecule has 0 heterocycles. The Balaban J connectivity index is 2.25. The Morgan fingerprint density at radius 1 is 1.16 bits per heavy atom. The molecule has 2 N–H and O–H groups in total. The van der Waals surface area contributed by atoms with Crippen LogP contribution in [0.1, 0.15) is 15.9 Å². The first-order valence-electron chi connectivity index (χ1n) is 5.53. The number of rotatable bonds is 2. The Kier molecular flexibility index (Phi) is 3.98. The molecule has 0 fully saturated rings. The fourth-order valence-corrected chi connectivity index (χ4v) is 1.97. The summed E-state index contributed by atoms with van der Waals surface area (Å²) in [4.78, 5) is 12.1. The highest BCUT2D eigenvalue weighted by Gasteiger charge is 2.10. The molecule has 0 saturated carbocycles. The van der Waals surface area contributed by atoms with E-state index in [0.29, 0.717) is 16.3 Å². The summed E-state index contributed by atoms with van der Waals surface area (Å²) >= 11 is 11.7. The third-order valence-corrected chi connectivity index (χ3v) is 3.19. The van der Waals surface area contributed by atoms with Gasteiger partial charge in [-0.05, 0) is 42.8 Å². The van der Waals surface area contributed by atoms with Crippen molar-refractivity contribution < 1.29 is 9.90 Å². The van der Waals surface area contributed by atoms with Crippen LogP contribution in [0.4, 0.5) is 5.69 Å². The van der Waals surface area contributed by atoms with Crippen LogP contribution in [0, 0.1) is 6.92 Å². The first-order chi connectivity index (χ1) is 8.97. The zero-order chi connectivity index (χ0) is 14.0. The van der Waals surface area contributed by atoms with Crippen LogP contribution in [0.5, 0.6) is 5.75 Å². The van der Waals surface area contributed by atoms with Crippen LogP contribution < -0.4 is 5.32 Å². The number of hydrogen-bond donors (Lipinski definition) is 2. The van der Waals surface area contributed by atoms with E-state index in [1.54, 1.807) is 24.3 Å². The summed E-state index contributed by atoms with van der Waals surface area (Å²) in [7, 11) is 0. The summed E-state index contributed by atoms with van der Waals surface area (Å²) in [5, 5.41) is 12.7. The molecule has 0 spiro atoms. The lowest BCUT2D eigenvalue weighted by atomic mass is 10.1. The number of hydrogen-bond acceptors (Lipinski definition) is 2. The van der Waals surface area contributed by atoms with E-state index in [4.69, 9.17) is 23.2 Å². The predicted molar refractivity (Wildman–Crippen MR) is 77.3 cm³/mol. The highest BCUT2D eigenvalue weighted by molar-refractivity contribution is 6.32. The van der Waals surface area contributed by atoms with E-state index in [2.05, 4.69) is 5.32 Å². The van der Waals surface area contributed by atoms with Gasteiger partial charge in [0.2, 0.25) is 0 Å². The molecule has 2 aromatic carbocycles. The predicted octanol–water partition coefficient (Wildman–Crippen LogP) is 4.26. The molecule has 0 atom stereocenters. The number of phenols is 1. The van der Waals surface area contributed by atoms with Crippen molar-refractivity contribution in [2.24, 2.45) is 0 Å². The molecular formula is C14H11Cl2NO2. The lowest BCUT2D eigenvalue weighted by Gasteiger charge is -2.09. The molecule has 19 heavy (non-hydrogen) atoms. The van der Waals surface area contributed by atoms with Gasteiger partial charge >= 0.3 is 0 Å². The quantitative estimate of drug-likeness (QED) is 0.813. The summed E-state index contributed by atoms with van der Waals surface area (Å²) < 4.78 is 0. The van der Waals surface area contributed by atoms with Gasteiger partial charge in [-0.15, -0.1) is 0 Å². The fraction of sp³-hybridized carbons (Fsp3) is 0.0714. The zero-order valence-electron chi connectivity index (χ0n) is 10.1. The van der Waals surface area contributed by atoms with Crippen molar-refractivity contribution in [1.82, 2.24) is 0 Å². The summed E-state index contributed by atoms with van der Waals surface area (Å²) in [5.74, 6) is -0.305. The molecule has 2 aromatic rings. The lowest BCUT2D eigenvalue weighted by Crippen LogP contribution is -2.13. The van der Waals surface area contributed by atoms with Crippen LogP contribution >= 0.6 is 23.2 Å². The highest BCUT2D eigenvalue weighted by Crippen LogP contribution is 2.26. The summed E-state index contributed by atoms with van der Waals surface area (Å²) in [6, 6.07) is 9.58. The molecule has 0 bridgehead atoms. The summed E-state index contributed by atoms with van der Waals surface area (Å²) in [6.07, 6.45) is 0. The minimum Gasteiger partial charge on any atom is -0.506 e. The number of carbonyl (C=O) groups is 1. The number of aromatic hydroxyl groups is 1. The monoisotopic (exact) mass is 295 g/mol. The molecule has 0 saturated heterocycles. The molecule has 2 rings (SSSR count). The van der Waals surface area contributed by atoms with Crippen molar-refractivity contribution in [2.45, 2.75) is 6.92 Å². The van der Waals surface area contributed by atoms with Gasteiger partial charge in [-0.2, -0.15) is 0 Å². The average molecular weight is 296 g/mol. The van der Waals surface area contributed by atoms with Crippen LogP contribution in [-0.4, -0.2) is 11.0 Å². The van der Waals surface area contributed by atoms with E-state index in [-0.39, 0.29) is 16.7 Å². The van der Waals surface area contributed by atoms with Crippen LogP contribution in [0.15, 0.2) is 36.4 Å². The highest BCUT2D eigenvalue weighted by atomic mass is 35.5. The molecule has 0 unspecified atom stereocenters. The number of amides is 1. The molecule has 0 radical (unpaired) electrons. The molecule has 98 valence electrons. The van der Waals surface area contributed by atoms with Crippen molar-refractivity contribution in [3.05, 3.63) is 57.6 Å². The Morgan fingerprint density at radius 2 is 1.89 bits per heavy atom. The Hall–Kier alpha value is -1.71. The molecule has 0 aromatic heterocycles. The minimum absolute atomic E-state index is 0.0291. The number of nitrogens with one attached hydrogen (secondary N) is 1. The lowest BCUT2D eigenvalue weighted by molar-refractivity contribution is 0.102. The second-order valence-corrected chi connectivity index (χ2v) is 4.92. The average Bonchev–Trinajstić information content (AvgIpc) is 2.36.